The highest BCUT2D eigenvalue weighted by molar-refractivity contribution is 5.52. The van der Waals surface area contributed by atoms with Crippen LogP contribution in [-0.2, 0) is 6.54 Å². The minimum Gasteiger partial charge on any atom is -0.497 e. The zero-order chi connectivity index (χ0) is 13.8. The number of benzene rings is 2. The Morgan fingerprint density at radius 3 is 2.85 bits per heavy atom. The minimum atomic E-state index is 0.600. The van der Waals surface area contributed by atoms with E-state index in [9.17, 15) is 0 Å². The van der Waals surface area contributed by atoms with Gasteiger partial charge in [-0.3, -0.25) is 0 Å². The molecule has 0 spiro atoms. The molecule has 0 saturated heterocycles. The van der Waals surface area contributed by atoms with Gasteiger partial charge in [0.05, 0.1) is 7.11 Å². The molecule has 0 aliphatic carbocycles. The number of methoxy groups -OCH3 is 1. The quantitative estimate of drug-likeness (QED) is 0.927. The molecule has 0 unspecified atom stereocenters. The first-order valence-electron chi connectivity index (χ1n) is 6.62. The first-order valence-corrected chi connectivity index (χ1v) is 6.62. The van der Waals surface area contributed by atoms with E-state index in [1.807, 2.05) is 42.5 Å². The van der Waals surface area contributed by atoms with Gasteiger partial charge < -0.3 is 19.5 Å². The van der Waals surface area contributed by atoms with Crippen LogP contribution in [0, 0.1) is 0 Å². The van der Waals surface area contributed by atoms with Crippen molar-refractivity contribution in [1.29, 1.82) is 0 Å². The second-order valence-electron chi connectivity index (χ2n) is 4.53. The zero-order valence-electron chi connectivity index (χ0n) is 11.4. The third-order valence-electron chi connectivity index (χ3n) is 3.20. The molecular formula is C16H17NO3. The van der Waals surface area contributed by atoms with Gasteiger partial charge in [0.1, 0.15) is 19.0 Å². The highest BCUT2D eigenvalue weighted by Gasteiger charge is 2.15. The monoisotopic (exact) mass is 271 g/mol. The lowest BCUT2D eigenvalue weighted by molar-refractivity contribution is 0.170. The average molecular weight is 271 g/mol. The van der Waals surface area contributed by atoms with Gasteiger partial charge in [-0.2, -0.15) is 0 Å². The Morgan fingerprint density at radius 2 is 1.95 bits per heavy atom. The molecule has 0 fully saturated rings. The zero-order valence-corrected chi connectivity index (χ0v) is 11.4. The van der Waals surface area contributed by atoms with Gasteiger partial charge >= 0.3 is 0 Å². The Kier molecular flexibility index (Phi) is 3.63. The number of para-hydroxylation sites is 1. The summed E-state index contributed by atoms with van der Waals surface area (Å²) < 4.78 is 16.5. The van der Waals surface area contributed by atoms with Crippen molar-refractivity contribution in [2.24, 2.45) is 0 Å². The normalized spacial score (nSPS) is 12.8. The highest BCUT2D eigenvalue weighted by atomic mass is 16.6. The fourth-order valence-electron chi connectivity index (χ4n) is 2.20. The van der Waals surface area contributed by atoms with E-state index in [1.165, 1.54) is 0 Å². The molecule has 4 heteroatoms. The first-order chi connectivity index (χ1) is 9.86. The van der Waals surface area contributed by atoms with Crippen LogP contribution in [0.4, 0.5) is 5.69 Å². The van der Waals surface area contributed by atoms with E-state index in [4.69, 9.17) is 14.2 Å². The molecule has 0 radical (unpaired) electrons. The summed E-state index contributed by atoms with van der Waals surface area (Å²) in [4.78, 5) is 0. The van der Waals surface area contributed by atoms with Crippen LogP contribution in [0.1, 0.15) is 5.56 Å². The molecule has 1 heterocycles. The van der Waals surface area contributed by atoms with Gasteiger partial charge in [-0.1, -0.05) is 18.2 Å². The van der Waals surface area contributed by atoms with Crippen LogP contribution < -0.4 is 19.5 Å². The van der Waals surface area contributed by atoms with E-state index < -0.39 is 0 Å². The third kappa shape index (κ3) is 2.64. The van der Waals surface area contributed by atoms with E-state index in [2.05, 4.69) is 5.32 Å². The molecule has 2 aromatic carbocycles. The van der Waals surface area contributed by atoms with Crippen LogP contribution in [0.15, 0.2) is 42.5 Å². The van der Waals surface area contributed by atoms with Gasteiger partial charge in [0, 0.05) is 23.9 Å². The predicted octanol–water partition coefficient (Wildman–Crippen LogP) is 3.08. The number of rotatable bonds is 4. The van der Waals surface area contributed by atoms with Crippen molar-refractivity contribution >= 4 is 5.69 Å². The number of nitrogens with one attached hydrogen (secondary N) is 1. The Balaban J connectivity index is 1.75. The van der Waals surface area contributed by atoms with E-state index in [0.717, 1.165) is 28.5 Å². The maximum absolute atomic E-state index is 5.70. The van der Waals surface area contributed by atoms with Gasteiger partial charge in [0.15, 0.2) is 11.5 Å². The van der Waals surface area contributed by atoms with Gasteiger partial charge in [0.2, 0.25) is 0 Å². The molecule has 104 valence electrons. The van der Waals surface area contributed by atoms with Crippen molar-refractivity contribution in [3.05, 3.63) is 48.0 Å². The molecule has 0 atom stereocenters. The summed E-state index contributed by atoms with van der Waals surface area (Å²) in [5.74, 6) is 2.50. The van der Waals surface area contributed by atoms with Crippen LogP contribution in [0.5, 0.6) is 17.2 Å². The smallest absolute Gasteiger partial charge is 0.166 e. The third-order valence-corrected chi connectivity index (χ3v) is 3.20. The number of fused-ring (bicyclic) bond motifs is 1. The molecule has 4 nitrogen and oxygen atoms in total. The molecule has 3 rings (SSSR count). The van der Waals surface area contributed by atoms with E-state index in [1.54, 1.807) is 7.11 Å². The summed E-state index contributed by atoms with van der Waals surface area (Å²) in [7, 11) is 1.66. The number of anilines is 1. The molecule has 0 aromatic heterocycles. The predicted molar refractivity (Wildman–Crippen MR) is 77.8 cm³/mol. The Bertz CT molecular complexity index is 598. The second kappa shape index (κ2) is 5.74. The summed E-state index contributed by atoms with van der Waals surface area (Å²) in [5.41, 5.74) is 2.10. The Hall–Kier alpha value is -2.36. The highest BCUT2D eigenvalue weighted by Crippen LogP contribution is 2.34. The fourth-order valence-corrected chi connectivity index (χ4v) is 2.20. The molecule has 1 aliphatic rings. The van der Waals surface area contributed by atoms with Crippen LogP contribution in [0.2, 0.25) is 0 Å². The van der Waals surface area contributed by atoms with Crippen molar-refractivity contribution in [2.45, 2.75) is 6.54 Å². The molecule has 0 saturated carbocycles. The van der Waals surface area contributed by atoms with Crippen molar-refractivity contribution in [3.63, 3.8) is 0 Å². The summed E-state index contributed by atoms with van der Waals surface area (Å²) in [6, 6.07) is 13.8. The summed E-state index contributed by atoms with van der Waals surface area (Å²) >= 11 is 0. The Labute approximate surface area is 118 Å². The number of hydrogen-bond donors (Lipinski definition) is 1. The van der Waals surface area contributed by atoms with E-state index >= 15 is 0 Å². The molecule has 2 aromatic rings. The lowest BCUT2D eigenvalue weighted by Gasteiger charge is -2.21. The van der Waals surface area contributed by atoms with Crippen molar-refractivity contribution < 1.29 is 14.2 Å². The molecular weight excluding hydrogens is 254 g/mol. The standard InChI is InChI=1S/C16H17NO3/c1-18-14-6-3-5-13(10-14)17-11-12-4-2-7-15-16(12)20-9-8-19-15/h2-7,10,17H,8-9,11H2,1H3. The first kappa shape index (κ1) is 12.7. The summed E-state index contributed by atoms with van der Waals surface area (Å²) in [5, 5.41) is 3.37. The van der Waals surface area contributed by atoms with Crippen LogP contribution in [0.25, 0.3) is 0 Å². The number of hydrogen-bond acceptors (Lipinski definition) is 4. The number of ether oxygens (including phenoxy) is 3. The summed E-state index contributed by atoms with van der Waals surface area (Å²) in [6.45, 7) is 1.89. The maximum Gasteiger partial charge on any atom is 0.166 e. The fraction of sp³-hybridized carbons (Fsp3) is 0.250. The largest absolute Gasteiger partial charge is 0.497 e. The molecule has 20 heavy (non-hydrogen) atoms. The van der Waals surface area contributed by atoms with Crippen molar-refractivity contribution in [1.82, 2.24) is 0 Å². The second-order valence-corrected chi connectivity index (χ2v) is 4.53. The topological polar surface area (TPSA) is 39.7 Å². The molecule has 0 bridgehead atoms. The SMILES string of the molecule is COc1cccc(NCc2cccc3c2OCCO3)c1. The lowest BCUT2D eigenvalue weighted by atomic mass is 10.1. The molecule has 1 N–H and O–H groups in total. The maximum atomic E-state index is 5.70. The average Bonchev–Trinajstić information content (AvgIpc) is 2.53. The Morgan fingerprint density at radius 1 is 1.10 bits per heavy atom. The lowest BCUT2D eigenvalue weighted by Crippen LogP contribution is -2.17. The van der Waals surface area contributed by atoms with E-state index in [0.29, 0.717) is 19.8 Å². The van der Waals surface area contributed by atoms with E-state index in [-0.39, 0.29) is 0 Å². The van der Waals surface area contributed by atoms with Crippen LogP contribution in [0.3, 0.4) is 0 Å². The van der Waals surface area contributed by atoms with Crippen molar-refractivity contribution in [3.8, 4) is 17.2 Å². The van der Waals surface area contributed by atoms with Gasteiger partial charge in [-0.15, -0.1) is 0 Å². The van der Waals surface area contributed by atoms with Gasteiger partial charge in [0.25, 0.3) is 0 Å². The van der Waals surface area contributed by atoms with Gasteiger partial charge in [-0.25, -0.2) is 0 Å². The minimum absolute atomic E-state index is 0.600. The summed E-state index contributed by atoms with van der Waals surface area (Å²) in [6.07, 6.45) is 0. The van der Waals surface area contributed by atoms with Crippen molar-refractivity contribution in [2.75, 3.05) is 25.6 Å². The van der Waals surface area contributed by atoms with Crippen LogP contribution >= 0.6 is 0 Å². The molecule has 1 aliphatic heterocycles. The molecule has 0 amide bonds. The van der Waals surface area contributed by atoms with Crippen LogP contribution in [-0.4, -0.2) is 20.3 Å². The van der Waals surface area contributed by atoms with Gasteiger partial charge in [-0.05, 0) is 18.2 Å².